The van der Waals surface area contributed by atoms with E-state index in [0.29, 0.717) is 47.7 Å². The second-order valence-corrected chi connectivity index (χ2v) is 5.81. The average Bonchev–Trinajstić information content (AvgIpc) is 2.60. The summed E-state index contributed by atoms with van der Waals surface area (Å²) in [6.45, 7) is 0. The van der Waals surface area contributed by atoms with E-state index in [1.165, 1.54) is 0 Å². The molecule has 0 spiro atoms. The van der Waals surface area contributed by atoms with Crippen molar-refractivity contribution < 1.29 is 19.0 Å². The van der Waals surface area contributed by atoms with E-state index in [0.717, 1.165) is 0 Å². The highest BCUT2D eigenvalue weighted by molar-refractivity contribution is 6.01. The molecule has 6 nitrogen and oxygen atoms in total. The monoisotopic (exact) mass is 326 g/mol. The topological polar surface area (TPSA) is 92.4 Å². The molecule has 1 aromatic rings. The molecule has 2 unspecified atom stereocenters. The number of ketones is 1. The summed E-state index contributed by atoms with van der Waals surface area (Å²) in [5.41, 5.74) is 1.23. The van der Waals surface area contributed by atoms with Gasteiger partial charge < -0.3 is 14.2 Å². The molecule has 0 amide bonds. The van der Waals surface area contributed by atoms with E-state index >= 15 is 0 Å². The summed E-state index contributed by atoms with van der Waals surface area (Å²) < 4.78 is 16.1. The molecule has 1 N–H and O–H groups in total. The highest BCUT2D eigenvalue weighted by atomic mass is 16.5. The molecule has 0 fully saturated rings. The van der Waals surface area contributed by atoms with E-state index in [9.17, 15) is 10.1 Å². The Hall–Kier alpha value is -2.81. The van der Waals surface area contributed by atoms with Crippen molar-refractivity contribution in [3.05, 3.63) is 35.1 Å². The van der Waals surface area contributed by atoms with Crippen LogP contribution >= 0.6 is 0 Å². The number of methoxy groups -OCH3 is 2. The minimum absolute atomic E-state index is 0.0178. The van der Waals surface area contributed by atoms with Crippen LogP contribution in [0.2, 0.25) is 0 Å². The van der Waals surface area contributed by atoms with Gasteiger partial charge in [0.2, 0.25) is 5.90 Å². The first-order valence-corrected chi connectivity index (χ1v) is 7.74. The van der Waals surface area contributed by atoms with Crippen molar-refractivity contribution in [3.8, 4) is 17.6 Å². The molecule has 1 aliphatic carbocycles. The Morgan fingerprint density at radius 3 is 2.46 bits per heavy atom. The fourth-order valence-corrected chi connectivity index (χ4v) is 3.30. The number of carbonyl (C=O) groups excluding carboxylic acids is 1. The maximum absolute atomic E-state index is 12.5. The maximum atomic E-state index is 12.5. The summed E-state index contributed by atoms with van der Waals surface area (Å²) in [6.07, 6.45) is 1.75. The summed E-state index contributed by atoms with van der Waals surface area (Å²) in [4.78, 5) is 12.5. The molecular weight excluding hydrogens is 308 g/mol. The number of Topliss-reactive ketones (excluding diaryl/α,β-unsaturated/α-hetero) is 1. The van der Waals surface area contributed by atoms with Crippen LogP contribution in [-0.4, -0.2) is 25.9 Å². The first-order valence-electron chi connectivity index (χ1n) is 7.74. The molecule has 0 aromatic heterocycles. The van der Waals surface area contributed by atoms with Gasteiger partial charge in [0.15, 0.2) is 5.78 Å². The van der Waals surface area contributed by atoms with Crippen LogP contribution in [0.25, 0.3) is 0 Å². The number of rotatable bonds is 3. The predicted molar refractivity (Wildman–Crippen MR) is 86.1 cm³/mol. The fourth-order valence-electron chi connectivity index (χ4n) is 3.30. The highest BCUT2D eigenvalue weighted by Gasteiger charge is 2.42. The van der Waals surface area contributed by atoms with E-state index < -0.39 is 11.8 Å². The van der Waals surface area contributed by atoms with Gasteiger partial charge in [-0.15, -0.1) is 0 Å². The number of ether oxygens (including phenoxy) is 3. The number of allylic oxidation sites excluding steroid dienone is 2. The van der Waals surface area contributed by atoms with Gasteiger partial charge in [0.05, 0.1) is 20.3 Å². The van der Waals surface area contributed by atoms with Crippen LogP contribution in [0.5, 0.6) is 11.5 Å². The SMILES string of the molecule is COc1cc(OC)cc(C2C3=C(CCCC3=O)OC(=N)C2C#N)c1. The van der Waals surface area contributed by atoms with Crippen LogP contribution in [-0.2, 0) is 9.53 Å². The molecule has 0 saturated heterocycles. The van der Waals surface area contributed by atoms with Gasteiger partial charge >= 0.3 is 0 Å². The molecular formula is C18H18N2O4. The standard InChI is InChI=1S/C18H18N2O4/c1-22-11-6-10(7-12(8-11)23-2)16-13(9-19)18(20)24-15-5-3-4-14(21)17(15)16/h6-8,13,16,20H,3-5H2,1-2H3. The second-order valence-electron chi connectivity index (χ2n) is 5.81. The molecule has 2 atom stereocenters. The quantitative estimate of drug-likeness (QED) is 0.922. The van der Waals surface area contributed by atoms with Crippen LogP contribution in [0.3, 0.4) is 0 Å². The smallest absolute Gasteiger partial charge is 0.205 e. The molecule has 1 aliphatic heterocycles. The van der Waals surface area contributed by atoms with E-state index in [1.807, 2.05) is 0 Å². The van der Waals surface area contributed by atoms with Crippen molar-refractivity contribution in [2.24, 2.45) is 5.92 Å². The van der Waals surface area contributed by atoms with Gasteiger partial charge in [-0.05, 0) is 24.1 Å². The summed E-state index contributed by atoms with van der Waals surface area (Å²) in [7, 11) is 3.09. The van der Waals surface area contributed by atoms with Crippen molar-refractivity contribution in [3.63, 3.8) is 0 Å². The third kappa shape index (κ3) is 2.62. The molecule has 1 heterocycles. The molecule has 6 heteroatoms. The summed E-state index contributed by atoms with van der Waals surface area (Å²) in [5, 5.41) is 17.6. The van der Waals surface area contributed by atoms with Crippen LogP contribution < -0.4 is 9.47 Å². The third-order valence-electron chi connectivity index (χ3n) is 4.44. The molecule has 0 saturated carbocycles. The lowest BCUT2D eigenvalue weighted by Crippen LogP contribution is -2.34. The van der Waals surface area contributed by atoms with Crippen molar-refractivity contribution in [1.82, 2.24) is 0 Å². The number of hydrogen-bond acceptors (Lipinski definition) is 6. The minimum atomic E-state index is -0.845. The number of nitrogens with zero attached hydrogens (tertiary/aromatic N) is 1. The number of hydrogen-bond donors (Lipinski definition) is 1. The van der Waals surface area contributed by atoms with Gasteiger partial charge in [-0.1, -0.05) is 0 Å². The van der Waals surface area contributed by atoms with Crippen LogP contribution in [0, 0.1) is 22.7 Å². The first kappa shape index (κ1) is 16.1. The number of benzene rings is 1. The Morgan fingerprint density at radius 2 is 1.88 bits per heavy atom. The lowest BCUT2D eigenvalue weighted by molar-refractivity contribution is -0.116. The van der Waals surface area contributed by atoms with Crippen LogP contribution in [0.4, 0.5) is 0 Å². The van der Waals surface area contributed by atoms with E-state index in [2.05, 4.69) is 6.07 Å². The Morgan fingerprint density at radius 1 is 1.21 bits per heavy atom. The number of nitriles is 1. The van der Waals surface area contributed by atoms with Gasteiger partial charge in [-0.3, -0.25) is 10.2 Å². The van der Waals surface area contributed by atoms with Crippen molar-refractivity contribution in [2.75, 3.05) is 14.2 Å². The van der Waals surface area contributed by atoms with Gasteiger partial charge in [-0.25, -0.2) is 0 Å². The fraction of sp³-hybridized carbons (Fsp3) is 0.389. The van der Waals surface area contributed by atoms with E-state index in [4.69, 9.17) is 19.6 Å². The molecule has 2 aliphatic rings. The Balaban J connectivity index is 2.19. The van der Waals surface area contributed by atoms with Crippen LogP contribution in [0.1, 0.15) is 30.7 Å². The predicted octanol–water partition coefficient (Wildman–Crippen LogP) is 2.94. The number of carbonyl (C=O) groups is 1. The van der Waals surface area contributed by atoms with Gasteiger partial charge in [0.1, 0.15) is 23.2 Å². The molecule has 1 aromatic carbocycles. The highest BCUT2D eigenvalue weighted by Crippen LogP contribution is 2.44. The molecule has 124 valence electrons. The Bertz CT molecular complexity index is 753. The van der Waals surface area contributed by atoms with Crippen LogP contribution in [0.15, 0.2) is 29.5 Å². The number of nitrogens with one attached hydrogen (secondary N) is 1. The molecule has 3 rings (SSSR count). The normalized spacial score (nSPS) is 23.2. The average molecular weight is 326 g/mol. The third-order valence-corrected chi connectivity index (χ3v) is 4.44. The zero-order valence-corrected chi connectivity index (χ0v) is 13.6. The van der Waals surface area contributed by atoms with Crippen molar-refractivity contribution >= 4 is 11.7 Å². The van der Waals surface area contributed by atoms with E-state index in [1.54, 1.807) is 32.4 Å². The van der Waals surface area contributed by atoms with Crippen molar-refractivity contribution in [1.29, 1.82) is 10.7 Å². The maximum Gasteiger partial charge on any atom is 0.205 e. The van der Waals surface area contributed by atoms with Gasteiger partial charge in [-0.2, -0.15) is 5.26 Å². The molecule has 0 radical (unpaired) electrons. The van der Waals surface area contributed by atoms with Crippen molar-refractivity contribution in [2.45, 2.75) is 25.2 Å². The summed E-state index contributed by atoms with van der Waals surface area (Å²) in [5.74, 6) is 0.155. The zero-order chi connectivity index (χ0) is 17.3. The second kappa shape index (κ2) is 6.36. The van der Waals surface area contributed by atoms with E-state index in [-0.39, 0.29) is 11.7 Å². The molecule has 0 bridgehead atoms. The molecule has 24 heavy (non-hydrogen) atoms. The first-order chi connectivity index (χ1) is 11.6. The summed E-state index contributed by atoms with van der Waals surface area (Å²) in [6, 6.07) is 7.40. The summed E-state index contributed by atoms with van der Waals surface area (Å²) >= 11 is 0. The zero-order valence-electron chi connectivity index (χ0n) is 13.6. The Kier molecular flexibility index (Phi) is 4.26. The Labute approximate surface area is 140 Å². The lowest BCUT2D eigenvalue weighted by Gasteiger charge is -2.34. The largest absolute Gasteiger partial charge is 0.497 e. The van der Waals surface area contributed by atoms with Gasteiger partial charge in [0, 0.05) is 30.4 Å². The lowest BCUT2D eigenvalue weighted by atomic mass is 9.74. The minimum Gasteiger partial charge on any atom is -0.497 e. The van der Waals surface area contributed by atoms with Gasteiger partial charge in [0.25, 0.3) is 0 Å².